The molecule has 0 aliphatic heterocycles. The van der Waals surface area contributed by atoms with Crippen LogP contribution >= 0.6 is 0 Å². The number of hydrogen-bond donors (Lipinski definition) is 2. The van der Waals surface area contributed by atoms with Crippen molar-refractivity contribution < 1.29 is 13.9 Å². The summed E-state index contributed by atoms with van der Waals surface area (Å²) in [5.41, 5.74) is 6.67. The molecule has 0 saturated heterocycles. The summed E-state index contributed by atoms with van der Waals surface area (Å²) >= 11 is 0. The van der Waals surface area contributed by atoms with Gasteiger partial charge in [-0.05, 0) is 36.5 Å². The third-order valence-corrected chi connectivity index (χ3v) is 2.63. The molecule has 0 saturated carbocycles. The van der Waals surface area contributed by atoms with Crippen molar-refractivity contribution in [1.29, 1.82) is 0 Å². The second kappa shape index (κ2) is 3.20. The van der Waals surface area contributed by atoms with Gasteiger partial charge in [0.2, 0.25) is 0 Å². The molecule has 2 nitrogen and oxygen atoms in total. The van der Waals surface area contributed by atoms with Crippen LogP contribution in [0.4, 0.5) is 8.78 Å². The molecule has 0 spiro atoms. The van der Waals surface area contributed by atoms with Crippen molar-refractivity contribution in [2.75, 3.05) is 0 Å². The van der Waals surface area contributed by atoms with Gasteiger partial charge in [-0.1, -0.05) is 0 Å². The predicted molar refractivity (Wildman–Crippen MR) is 48.0 cm³/mol. The Hall–Kier alpha value is -1.16. The van der Waals surface area contributed by atoms with Gasteiger partial charge in [0.25, 0.3) is 0 Å². The van der Waals surface area contributed by atoms with E-state index in [1.54, 1.807) is 0 Å². The Morgan fingerprint density at radius 1 is 1.43 bits per heavy atom. The molecular weight excluding hydrogens is 188 g/mol. The van der Waals surface area contributed by atoms with Crippen molar-refractivity contribution >= 4 is 0 Å². The number of phenols is 1. The number of hydrogen-bond acceptors (Lipinski definition) is 2. The summed E-state index contributed by atoms with van der Waals surface area (Å²) in [5, 5.41) is 9.05. The number of halogens is 2. The maximum atomic E-state index is 13.3. The van der Waals surface area contributed by atoms with Gasteiger partial charge in [-0.3, -0.25) is 0 Å². The second-order valence-corrected chi connectivity index (χ2v) is 3.66. The van der Waals surface area contributed by atoms with E-state index in [0.29, 0.717) is 30.4 Å². The first-order chi connectivity index (χ1) is 6.59. The van der Waals surface area contributed by atoms with Gasteiger partial charge in [-0.15, -0.1) is 0 Å². The monoisotopic (exact) mass is 199 g/mol. The van der Waals surface area contributed by atoms with Gasteiger partial charge in [0.1, 0.15) is 0 Å². The third-order valence-electron chi connectivity index (χ3n) is 2.63. The smallest absolute Gasteiger partial charge is 0.188 e. The van der Waals surface area contributed by atoms with Crippen molar-refractivity contribution in [2.24, 2.45) is 5.73 Å². The fraction of sp³-hybridized carbons (Fsp3) is 0.400. The molecule has 0 fully saturated rings. The zero-order chi connectivity index (χ0) is 10.3. The van der Waals surface area contributed by atoms with E-state index >= 15 is 0 Å². The summed E-state index contributed by atoms with van der Waals surface area (Å²) < 4.78 is 26.3. The van der Waals surface area contributed by atoms with Crippen LogP contribution in [0.3, 0.4) is 0 Å². The van der Waals surface area contributed by atoms with E-state index in [2.05, 4.69) is 0 Å². The summed E-state index contributed by atoms with van der Waals surface area (Å²) in [6.45, 7) is 0. The summed E-state index contributed by atoms with van der Waals surface area (Å²) in [6.07, 6.45) is 1.62. The average Bonchev–Trinajstić information content (AvgIpc) is 2.14. The Balaban J connectivity index is 2.54. The van der Waals surface area contributed by atoms with E-state index in [9.17, 15) is 8.78 Å². The lowest BCUT2D eigenvalue weighted by atomic mass is 9.88. The highest BCUT2D eigenvalue weighted by atomic mass is 19.1. The molecule has 14 heavy (non-hydrogen) atoms. The number of phenolic OH excluding ortho intramolecular Hbond substituents is 1. The standard InChI is InChI=1S/C10H11F2NO/c11-8-4-5-3-6(13)1-2-7(5)9(12)10(8)14/h4,6,14H,1-3,13H2/t6-/m0/s1. The van der Waals surface area contributed by atoms with Crippen LogP contribution in [0.1, 0.15) is 17.5 Å². The number of rotatable bonds is 0. The average molecular weight is 199 g/mol. The van der Waals surface area contributed by atoms with Crippen LogP contribution in [0.15, 0.2) is 6.07 Å². The number of aromatic hydroxyl groups is 1. The Kier molecular flexibility index (Phi) is 2.15. The zero-order valence-corrected chi connectivity index (χ0v) is 7.56. The van der Waals surface area contributed by atoms with Crippen molar-refractivity contribution in [3.8, 4) is 5.75 Å². The van der Waals surface area contributed by atoms with Crippen LogP contribution in [0.5, 0.6) is 5.75 Å². The highest BCUT2D eigenvalue weighted by Crippen LogP contribution is 2.30. The number of nitrogens with two attached hydrogens (primary N) is 1. The van der Waals surface area contributed by atoms with Crippen molar-refractivity contribution in [1.82, 2.24) is 0 Å². The molecule has 1 aliphatic rings. The van der Waals surface area contributed by atoms with Gasteiger partial charge in [0.05, 0.1) is 0 Å². The van der Waals surface area contributed by atoms with Crippen LogP contribution in [-0.2, 0) is 12.8 Å². The molecule has 4 heteroatoms. The molecule has 0 radical (unpaired) electrons. The van der Waals surface area contributed by atoms with E-state index < -0.39 is 17.4 Å². The van der Waals surface area contributed by atoms with E-state index in [1.165, 1.54) is 6.07 Å². The Labute approximate surface area is 80.4 Å². The van der Waals surface area contributed by atoms with Crippen LogP contribution in [0, 0.1) is 11.6 Å². The quantitative estimate of drug-likeness (QED) is 0.665. The highest BCUT2D eigenvalue weighted by Gasteiger charge is 2.23. The first-order valence-electron chi connectivity index (χ1n) is 4.54. The van der Waals surface area contributed by atoms with E-state index in [4.69, 9.17) is 10.8 Å². The molecule has 76 valence electrons. The molecular formula is C10H11F2NO. The molecule has 0 bridgehead atoms. The first-order valence-corrected chi connectivity index (χ1v) is 4.54. The second-order valence-electron chi connectivity index (χ2n) is 3.66. The lowest BCUT2D eigenvalue weighted by Gasteiger charge is -2.22. The molecule has 1 aromatic rings. The van der Waals surface area contributed by atoms with Gasteiger partial charge in [0.15, 0.2) is 17.4 Å². The molecule has 0 amide bonds. The fourth-order valence-corrected chi connectivity index (χ4v) is 1.86. The summed E-state index contributed by atoms with van der Waals surface area (Å²) in [5.74, 6) is -2.61. The lowest BCUT2D eigenvalue weighted by molar-refractivity contribution is 0.387. The van der Waals surface area contributed by atoms with Gasteiger partial charge in [-0.25, -0.2) is 8.78 Å². The van der Waals surface area contributed by atoms with Crippen LogP contribution in [0.25, 0.3) is 0 Å². The topological polar surface area (TPSA) is 46.2 Å². The minimum atomic E-state index is -0.907. The molecule has 3 N–H and O–H groups in total. The molecule has 0 heterocycles. The minimum Gasteiger partial charge on any atom is -0.503 e. The van der Waals surface area contributed by atoms with Gasteiger partial charge in [0, 0.05) is 6.04 Å². The third kappa shape index (κ3) is 1.35. The largest absolute Gasteiger partial charge is 0.503 e. The van der Waals surface area contributed by atoms with Crippen LogP contribution < -0.4 is 5.73 Å². The number of benzene rings is 1. The minimum absolute atomic E-state index is 0.0363. The molecule has 0 unspecified atom stereocenters. The maximum Gasteiger partial charge on any atom is 0.188 e. The van der Waals surface area contributed by atoms with E-state index in [1.807, 2.05) is 0 Å². The van der Waals surface area contributed by atoms with Crippen molar-refractivity contribution in [3.63, 3.8) is 0 Å². The first kappa shape index (κ1) is 9.40. The molecule has 1 atom stereocenters. The Morgan fingerprint density at radius 2 is 2.14 bits per heavy atom. The molecule has 1 aliphatic carbocycles. The Bertz CT molecular complexity index is 379. The maximum absolute atomic E-state index is 13.3. The molecule has 1 aromatic carbocycles. The molecule has 2 rings (SSSR count). The van der Waals surface area contributed by atoms with Crippen LogP contribution in [0.2, 0.25) is 0 Å². The van der Waals surface area contributed by atoms with Crippen molar-refractivity contribution in [2.45, 2.75) is 25.3 Å². The Morgan fingerprint density at radius 3 is 2.86 bits per heavy atom. The fourth-order valence-electron chi connectivity index (χ4n) is 1.86. The van der Waals surface area contributed by atoms with Crippen molar-refractivity contribution in [3.05, 3.63) is 28.8 Å². The normalized spacial score (nSPS) is 20.6. The SMILES string of the molecule is N[C@H]1CCc2c(cc(F)c(O)c2F)C1. The van der Waals surface area contributed by atoms with Gasteiger partial charge in [-0.2, -0.15) is 0 Å². The van der Waals surface area contributed by atoms with E-state index in [0.717, 1.165) is 0 Å². The lowest BCUT2D eigenvalue weighted by Crippen LogP contribution is -2.28. The summed E-state index contributed by atoms with van der Waals surface area (Å²) in [4.78, 5) is 0. The van der Waals surface area contributed by atoms with Gasteiger partial charge < -0.3 is 10.8 Å². The van der Waals surface area contributed by atoms with Crippen LogP contribution in [-0.4, -0.2) is 11.1 Å². The highest BCUT2D eigenvalue weighted by molar-refractivity contribution is 5.40. The zero-order valence-electron chi connectivity index (χ0n) is 7.56. The number of fused-ring (bicyclic) bond motifs is 1. The molecule has 0 aromatic heterocycles. The van der Waals surface area contributed by atoms with E-state index in [-0.39, 0.29) is 6.04 Å². The van der Waals surface area contributed by atoms with Gasteiger partial charge >= 0.3 is 0 Å². The predicted octanol–water partition coefficient (Wildman–Crippen LogP) is 1.49. The summed E-state index contributed by atoms with van der Waals surface area (Å²) in [6, 6.07) is 1.14. The summed E-state index contributed by atoms with van der Waals surface area (Å²) in [7, 11) is 0.